The summed E-state index contributed by atoms with van der Waals surface area (Å²) in [7, 11) is -3.46. The summed E-state index contributed by atoms with van der Waals surface area (Å²) in [5.41, 5.74) is 0. The van der Waals surface area contributed by atoms with E-state index in [9.17, 15) is 13.2 Å². The van der Waals surface area contributed by atoms with Gasteiger partial charge in [0.05, 0.1) is 4.90 Å². The van der Waals surface area contributed by atoms with E-state index in [2.05, 4.69) is 0 Å². The molecule has 114 valence electrons. The molecule has 0 aromatic heterocycles. The SMILES string of the molecule is O=C(O)COc1ccc(S(=O)(=O)N(C2CC2)C2CC2)cc1. The number of carbonyl (C=O) groups is 1. The fraction of sp³-hybridized carbons (Fsp3) is 0.500. The van der Waals surface area contributed by atoms with Gasteiger partial charge in [-0.05, 0) is 49.9 Å². The molecule has 0 amide bonds. The molecule has 0 aliphatic heterocycles. The van der Waals surface area contributed by atoms with Crippen LogP contribution in [-0.4, -0.2) is 42.5 Å². The summed E-state index contributed by atoms with van der Waals surface area (Å²) in [5.74, 6) is -0.721. The van der Waals surface area contributed by atoms with E-state index in [0.29, 0.717) is 5.75 Å². The first kappa shape index (κ1) is 14.3. The van der Waals surface area contributed by atoms with Crippen LogP contribution < -0.4 is 4.74 Å². The molecule has 2 aliphatic carbocycles. The molecule has 0 radical (unpaired) electrons. The fourth-order valence-electron chi connectivity index (χ4n) is 2.32. The molecular formula is C14H17NO5S. The second-order valence-electron chi connectivity index (χ2n) is 5.45. The van der Waals surface area contributed by atoms with Gasteiger partial charge in [-0.25, -0.2) is 13.2 Å². The van der Waals surface area contributed by atoms with Crippen LogP contribution in [0.25, 0.3) is 0 Å². The average Bonchev–Trinajstić information content (AvgIpc) is 3.31. The summed E-state index contributed by atoms with van der Waals surface area (Å²) < 4.78 is 32.0. The van der Waals surface area contributed by atoms with Gasteiger partial charge in [0.1, 0.15) is 5.75 Å². The van der Waals surface area contributed by atoms with Crippen molar-refractivity contribution in [3.8, 4) is 5.75 Å². The number of rotatable bonds is 7. The molecule has 1 aromatic carbocycles. The van der Waals surface area contributed by atoms with E-state index in [4.69, 9.17) is 9.84 Å². The molecule has 7 heteroatoms. The Morgan fingerprint density at radius 1 is 1.14 bits per heavy atom. The second kappa shape index (κ2) is 5.31. The molecule has 0 heterocycles. The number of aliphatic carboxylic acids is 1. The number of nitrogens with zero attached hydrogens (tertiary/aromatic N) is 1. The van der Waals surface area contributed by atoms with E-state index in [1.165, 1.54) is 24.3 Å². The largest absolute Gasteiger partial charge is 0.482 e. The van der Waals surface area contributed by atoms with E-state index in [1.54, 1.807) is 4.31 Å². The zero-order valence-corrected chi connectivity index (χ0v) is 12.3. The van der Waals surface area contributed by atoms with Crippen molar-refractivity contribution in [2.24, 2.45) is 0 Å². The first-order chi connectivity index (χ1) is 9.98. The molecule has 2 fully saturated rings. The summed E-state index contributed by atoms with van der Waals surface area (Å²) in [6.07, 6.45) is 3.76. The molecular weight excluding hydrogens is 294 g/mol. The Kier molecular flexibility index (Phi) is 3.62. The summed E-state index contributed by atoms with van der Waals surface area (Å²) in [6.45, 7) is -0.442. The van der Waals surface area contributed by atoms with E-state index in [1.807, 2.05) is 0 Å². The first-order valence-electron chi connectivity index (χ1n) is 6.96. The fourth-order valence-corrected chi connectivity index (χ4v) is 4.25. The lowest BCUT2D eigenvalue weighted by atomic mass is 10.3. The Morgan fingerprint density at radius 2 is 1.67 bits per heavy atom. The van der Waals surface area contributed by atoms with Gasteiger partial charge in [0, 0.05) is 12.1 Å². The van der Waals surface area contributed by atoms with Crippen molar-refractivity contribution in [1.29, 1.82) is 0 Å². The van der Waals surface area contributed by atoms with Crippen molar-refractivity contribution in [1.82, 2.24) is 4.31 Å². The Labute approximate surface area is 123 Å². The van der Waals surface area contributed by atoms with E-state index < -0.39 is 22.6 Å². The standard InChI is InChI=1S/C14H17NO5S/c16-14(17)9-20-12-5-7-13(8-6-12)21(18,19)15(10-1-2-10)11-3-4-11/h5-8,10-11H,1-4,9H2,(H,16,17). The summed E-state index contributed by atoms with van der Waals surface area (Å²) >= 11 is 0. The van der Waals surface area contributed by atoms with Gasteiger partial charge in [0.2, 0.25) is 10.0 Å². The Hall–Kier alpha value is -1.60. The predicted molar refractivity (Wildman–Crippen MR) is 74.6 cm³/mol. The van der Waals surface area contributed by atoms with Crippen molar-refractivity contribution in [3.63, 3.8) is 0 Å². The highest BCUT2D eigenvalue weighted by Crippen LogP contribution is 2.41. The molecule has 3 rings (SSSR count). The first-order valence-corrected chi connectivity index (χ1v) is 8.40. The number of carboxylic acid groups (broad SMARTS) is 1. The quantitative estimate of drug-likeness (QED) is 0.824. The highest BCUT2D eigenvalue weighted by molar-refractivity contribution is 7.89. The third-order valence-corrected chi connectivity index (χ3v) is 5.59. The zero-order valence-electron chi connectivity index (χ0n) is 11.4. The van der Waals surface area contributed by atoms with E-state index in [0.717, 1.165) is 25.7 Å². The van der Waals surface area contributed by atoms with Crippen molar-refractivity contribution in [2.45, 2.75) is 42.7 Å². The number of hydrogen-bond donors (Lipinski definition) is 1. The minimum absolute atomic E-state index is 0.158. The number of benzene rings is 1. The summed E-state index contributed by atoms with van der Waals surface area (Å²) in [6, 6.07) is 6.26. The van der Waals surface area contributed by atoms with Gasteiger partial charge < -0.3 is 9.84 Å². The van der Waals surface area contributed by atoms with Crippen LogP contribution in [0.1, 0.15) is 25.7 Å². The molecule has 0 atom stereocenters. The van der Waals surface area contributed by atoms with Crippen LogP contribution in [-0.2, 0) is 14.8 Å². The van der Waals surface area contributed by atoms with Crippen LogP contribution in [0.3, 0.4) is 0 Å². The van der Waals surface area contributed by atoms with Crippen molar-refractivity contribution in [2.75, 3.05) is 6.61 Å². The Bertz CT molecular complexity index is 620. The Morgan fingerprint density at radius 3 is 2.10 bits per heavy atom. The summed E-state index contributed by atoms with van der Waals surface area (Å²) in [4.78, 5) is 10.7. The van der Waals surface area contributed by atoms with Gasteiger partial charge in [0.15, 0.2) is 6.61 Å². The van der Waals surface area contributed by atoms with E-state index in [-0.39, 0.29) is 17.0 Å². The maximum Gasteiger partial charge on any atom is 0.341 e. The minimum Gasteiger partial charge on any atom is -0.482 e. The van der Waals surface area contributed by atoms with Crippen molar-refractivity contribution >= 4 is 16.0 Å². The maximum absolute atomic E-state index is 12.7. The second-order valence-corrected chi connectivity index (χ2v) is 7.29. The minimum atomic E-state index is -3.46. The summed E-state index contributed by atoms with van der Waals surface area (Å²) in [5, 5.41) is 8.54. The van der Waals surface area contributed by atoms with Gasteiger partial charge in [-0.15, -0.1) is 0 Å². The van der Waals surface area contributed by atoms with Gasteiger partial charge in [-0.1, -0.05) is 0 Å². The highest BCUT2D eigenvalue weighted by atomic mass is 32.2. The number of sulfonamides is 1. The molecule has 21 heavy (non-hydrogen) atoms. The van der Waals surface area contributed by atoms with Crippen LogP contribution in [0, 0.1) is 0 Å². The van der Waals surface area contributed by atoms with Crippen LogP contribution in [0.2, 0.25) is 0 Å². The maximum atomic E-state index is 12.7. The smallest absolute Gasteiger partial charge is 0.341 e. The van der Waals surface area contributed by atoms with Gasteiger partial charge in [-0.2, -0.15) is 4.31 Å². The lowest BCUT2D eigenvalue weighted by molar-refractivity contribution is -0.139. The van der Waals surface area contributed by atoms with Crippen molar-refractivity contribution < 1.29 is 23.1 Å². The van der Waals surface area contributed by atoms with Gasteiger partial charge >= 0.3 is 5.97 Å². The third kappa shape index (κ3) is 3.19. The van der Waals surface area contributed by atoms with Crippen molar-refractivity contribution in [3.05, 3.63) is 24.3 Å². The molecule has 1 aromatic rings. The highest BCUT2D eigenvalue weighted by Gasteiger charge is 2.46. The lowest BCUT2D eigenvalue weighted by Crippen LogP contribution is -2.35. The third-order valence-electron chi connectivity index (χ3n) is 3.57. The van der Waals surface area contributed by atoms with Crippen LogP contribution in [0.15, 0.2) is 29.2 Å². The number of ether oxygens (including phenoxy) is 1. The van der Waals surface area contributed by atoms with Crippen LogP contribution in [0.4, 0.5) is 0 Å². The van der Waals surface area contributed by atoms with Crippen LogP contribution >= 0.6 is 0 Å². The molecule has 0 spiro atoms. The molecule has 2 aliphatic rings. The van der Waals surface area contributed by atoms with Gasteiger partial charge in [-0.3, -0.25) is 0 Å². The average molecular weight is 311 g/mol. The topological polar surface area (TPSA) is 83.9 Å². The van der Waals surface area contributed by atoms with E-state index >= 15 is 0 Å². The zero-order chi connectivity index (χ0) is 15.0. The van der Waals surface area contributed by atoms with Crippen LogP contribution in [0.5, 0.6) is 5.75 Å². The molecule has 0 unspecified atom stereocenters. The molecule has 6 nitrogen and oxygen atoms in total. The number of carboxylic acids is 1. The normalized spacial score (nSPS) is 18.7. The Balaban J connectivity index is 1.77. The molecule has 0 bridgehead atoms. The predicted octanol–water partition coefficient (Wildman–Crippen LogP) is 1.47. The number of hydrogen-bond acceptors (Lipinski definition) is 4. The molecule has 0 saturated heterocycles. The monoisotopic (exact) mass is 311 g/mol. The molecule has 2 saturated carbocycles. The lowest BCUT2D eigenvalue weighted by Gasteiger charge is -2.21. The van der Waals surface area contributed by atoms with Gasteiger partial charge in [0.25, 0.3) is 0 Å². The molecule has 1 N–H and O–H groups in total.